The Labute approximate surface area is 101 Å². The summed E-state index contributed by atoms with van der Waals surface area (Å²) in [6.45, 7) is 2.61. The lowest BCUT2D eigenvalue weighted by molar-refractivity contribution is 0.0724. The third-order valence-corrected chi connectivity index (χ3v) is 3.06. The van der Waals surface area contributed by atoms with Crippen molar-refractivity contribution >= 4 is 5.78 Å². The van der Waals surface area contributed by atoms with Crippen LogP contribution in [-0.4, -0.2) is 23.6 Å². The van der Waals surface area contributed by atoms with Crippen LogP contribution in [0.4, 0.5) is 0 Å². The summed E-state index contributed by atoms with van der Waals surface area (Å²) in [5, 5.41) is 9.77. The molecule has 0 bridgehead atoms. The van der Waals surface area contributed by atoms with Gasteiger partial charge in [-0.1, -0.05) is 25.5 Å². The van der Waals surface area contributed by atoms with Gasteiger partial charge in [0.1, 0.15) is 11.9 Å². The molecule has 1 aromatic rings. The van der Waals surface area contributed by atoms with E-state index in [1.54, 1.807) is 6.07 Å². The number of ether oxygens (including phenoxy) is 1. The molecule has 3 nitrogen and oxygen atoms in total. The Morgan fingerprint density at radius 1 is 1.53 bits per heavy atom. The standard InChI is InChI=1S/C14H18O3/c1-2-5-12(15)13(16)11-8-3-6-10-7-4-9-17-14(10)11/h3,6,8,12,15H,2,4-5,7,9H2,1H3. The number of hydrogen-bond donors (Lipinski definition) is 1. The molecule has 1 heterocycles. The summed E-state index contributed by atoms with van der Waals surface area (Å²) in [5.41, 5.74) is 1.61. The first-order valence-electron chi connectivity index (χ1n) is 6.21. The number of hydrogen-bond acceptors (Lipinski definition) is 3. The van der Waals surface area contributed by atoms with Crippen LogP contribution in [0.1, 0.15) is 42.1 Å². The third kappa shape index (κ3) is 2.50. The van der Waals surface area contributed by atoms with Gasteiger partial charge in [-0.3, -0.25) is 4.79 Å². The van der Waals surface area contributed by atoms with Crippen LogP contribution in [0, 0.1) is 0 Å². The van der Waals surface area contributed by atoms with Gasteiger partial charge in [-0.15, -0.1) is 0 Å². The molecule has 0 saturated carbocycles. The van der Waals surface area contributed by atoms with Crippen LogP contribution >= 0.6 is 0 Å². The number of fused-ring (bicyclic) bond motifs is 1. The van der Waals surface area contributed by atoms with Gasteiger partial charge in [0.15, 0.2) is 5.78 Å². The van der Waals surface area contributed by atoms with Gasteiger partial charge in [0.05, 0.1) is 12.2 Å². The van der Waals surface area contributed by atoms with Crippen molar-refractivity contribution in [3.63, 3.8) is 0 Å². The Balaban J connectivity index is 2.29. The van der Waals surface area contributed by atoms with Gasteiger partial charge in [-0.25, -0.2) is 0 Å². The Kier molecular flexibility index (Phi) is 3.79. The summed E-state index contributed by atoms with van der Waals surface area (Å²) in [6.07, 6.45) is 2.32. The van der Waals surface area contributed by atoms with Crippen molar-refractivity contribution in [3.8, 4) is 5.75 Å². The van der Waals surface area contributed by atoms with Crippen LogP contribution in [0.2, 0.25) is 0 Å². The molecule has 1 unspecified atom stereocenters. The van der Waals surface area contributed by atoms with E-state index in [-0.39, 0.29) is 5.78 Å². The zero-order valence-electron chi connectivity index (χ0n) is 10.1. The van der Waals surface area contributed by atoms with Gasteiger partial charge >= 0.3 is 0 Å². The van der Waals surface area contributed by atoms with E-state index >= 15 is 0 Å². The summed E-state index contributed by atoms with van der Waals surface area (Å²) in [4.78, 5) is 12.1. The van der Waals surface area contributed by atoms with Crippen molar-refractivity contribution in [2.45, 2.75) is 38.7 Å². The molecular formula is C14H18O3. The van der Waals surface area contributed by atoms with Crippen molar-refractivity contribution in [2.24, 2.45) is 0 Å². The van der Waals surface area contributed by atoms with Crippen LogP contribution in [0.15, 0.2) is 18.2 Å². The molecule has 1 aliphatic heterocycles. The third-order valence-electron chi connectivity index (χ3n) is 3.06. The monoisotopic (exact) mass is 234 g/mol. The van der Waals surface area contributed by atoms with E-state index < -0.39 is 6.10 Å². The fourth-order valence-corrected chi connectivity index (χ4v) is 2.17. The van der Waals surface area contributed by atoms with Crippen LogP contribution in [0.3, 0.4) is 0 Å². The molecule has 3 heteroatoms. The second kappa shape index (κ2) is 5.32. The number of para-hydroxylation sites is 1. The zero-order valence-corrected chi connectivity index (χ0v) is 10.1. The van der Waals surface area contributed by atoms with Gasteiger partial charge in [0, 0.05) is 0 Å². The summed E-state index contributed by atoms with van der Waals surface area (Å²) in [7, 11) is 0. The minimum atomic E-state index is -0.906. The normalized spacial score (nSPS) is 15.9. The van der Waals surface area contributed by atoms with Gasteiger partial charge in [-0.2, -0.15) is 0 Å². The molecule has 0 fully saturated rings. The van der Waals surface area contributed by atoms with E-state index in [0.717, 1.165) is 24.8 Å². The number of aryl methyl sites for hydroxylation is 1. The lowest BCUT2D eigenvalue weighted by atomic mass is 9.96. The Bertz CT molecular complexity index is 412. The SMILES string of the molecule is CCCC(O)C(=O)c1cccc2c1OCCC2. The summed E-state index contributed by atoms with van der Waals surface area (Å²) in [6, 6.07) is 5.59. The minimum Gasteiger partial charge on any atom is -0.493 e. The maximum Gasteiger partial charge on any atom is 0.194 e. The average molecular weight is 234 g/mol. The molecule has 0 aliphatic carbocycles. The molecule has 0 saturated heterocycles. The van der Waals surface area contributed by atoms with Crippen LogP contribution < -0.4 is 4.74 Å². The minimum absolute atomic E-state index is 0.217. The second-order valence-electron chi connectivity index (χ2n) is 4.41. The van der Waals surface area contributed by atoms with Gasteiger partial charge < -0.3 is 9.84 Å². The Morgan fingerprint density at radius 2 is 2.35 bits per heavy atom. The van der Waals surface area contributed by atoms with E-state index in [9.17, 15) is 9.90 Å². The number of rotatable bonds is 4. The average Bonchev–Trinajstić information content (AvgIpc) is 2.37. The van der Waals surface area contributed by atoms with Crippen molar-refractivity contribution in [1.29, 1.82) is 0 Å². The molecule has 0 radical (unpaired) electrons. The van der Waals surface area contributed by atoms with Gasteiger partial charge in [0.2, 0.25) is 0 Å². The van der Waals surface area contributed by atoms with Crippen LogP contribution in [0.25, 0.3) is 0 Å². The molecule has 17 heavy (non-hydrogen) atoms. The Hall–Kier alpha value is -1.35. The topological polar surface area (TPSA) is 46.5 Å². The first-order chi connectivity index (χ1) is 8.24. The number of carbonyl (C=O) groups is 1. The fourth-order valence-electron chi connectivity index (χ4n) is 2.17. The van der Waals surface area contributed by atoms with E-state index in [4.69, 9.17) is 4.74 Å². The second-order valence-corrected chi connectivity index (χ2v) is 4.41. The molecule has 1 N–H and O–H groups in total. The first kappa shape index (κ1) is 12.1. The highest BCUT2D eigenvalue weighted by Gasteiger charge is 2.23. The predicted octanol–water partition coefficient (Wildman–Crippen LogP) is 2.36. The molecule has 1 atom stereocenters. The Morgan fingerprint density at radius 3 is 3.12 bits per heavy atom. The van der Waals surface area contributed by atoms with Gasteiger partial charge in [0.25, 0.3) is 0 Å². The van der Waals surface area contributed by atoms with Crippen LogP contribution in [0.5, 0.6) is 5.75 Å². The number of carbonyl (C=O) groups excluding carboxylic acids is 1. The van der Waals surface area contributed by atoms with E-state index in [1.165, 1.54) is 0 Å². The number of aliphatic hydroxyl groups is 1. The van der Waals surface area contributed by atoms with Crippen molar-refractivity contribution in [3.05, 3.63) is 29.3 Å². The largest absolute Gasteiger partial charge is 0.493 e. The molecule has 0 amide bonds. The fraction of sp³-hybridized carbons (Fsp3) is 0.500. The van der Waals surface area contributed by atoms with Crippen molar-refractivity contribution in [1.82, 2.24) is 0 Å². The zero-order chi connectivity index (χ0) is 12.3. The van der Waals surface area contributed by atoms with Crippen LogP contribution in [-0.2, 0) is 6.42 Å². The molecule has 1 aromatic carbocycles. The molecule has 2 rings (SSSR count). The lowest BCUT2D eigenvalue weighted by Gasteiger charge is -2.20. The maximum absolute atomic E-state index is 12.1. The maximum atomic E-state index is 12.1. The van der Waals surface area contributed by atoms with E-state index in [1.807, 2.05) is 19.1 Å². The molecular weight excluding hydrogens is 216 g/mol. The lowest BCUT2D eigenvalue weighted by Crippen LogP contribution is -2.22. The highest BCUT2D eigenvalue weighted by Crippen LogP contribution is 2.30. The number of aliphatic hydroxyl groups excluding tert-OH is 1. The van der Waals surface area contributed by atoms with Crippen molar-refractivity contribution in [2.75, 3.05) is 6.61 Å². The molecule has 0 spiro atoms. The smallest absolute Gasteiger partial charge is 0.194 e. The number of benzene rings is 1. The summed E-state index contributed by atoms with van der Waals surface area (Å²) < 4.78 is 5.57. The first-order valence-corrected chi connectivity index (χ1v) is 6.21. The number of ketones is 1. The highest BCUT2D eigenvalue weighted by molar-refractivity contribution is 6.02. The summed E-state index contributed by atoms with van der Waals surface area (Å²) in [5.74, 6) is 0.463. The number of Topliss-reactive ketones (excluding diaryl/α,β-unsaturated/α-hetero) is 1. The van der Waals surface area contributed by atoms with E-state index in [0.29, 0.717) is 24.3 Å². The van der Waals surface area contributed by atoms with Gasteiger partial charge in [-0.05, 0) is 30.9 Å². The molecule has 92 valence electrons. The van der Waals surface area contributed by atoms with E-state index in [2.05, 4.69) is 0 Å². The summed E-state index contributed by atoms with van der Waals surface area (Å²) >= 11 is 0. The predicted molar refractivity (Wildman–Crippen MR) is 65.5 cm³/mol. The molecule has 1 aliphatic rings. The highest BCUT2D eigenvalue weighted by atomic mass is 16.5. The quantitative estimate of drug-likeness (QED) is 0.813. The molecule has 0 aromatic heterocycles. The van der Waals surface area contributed by atoms with Crippen molar-refractivity contribution < 1.29 is 14.6 Å².